The van der Waals surface area contributed by atoms with Gasteiger partial charge in [0.15, 0.2) is 0 Å². The molecule has 61 heavy (non-hydrogen) atoms. The Hall–Kier alpha value is -5.28. The van der Waals surface area contributed by atoms with Gasteiger partial charge in [-0.15, -0.1) is 0 Å². The molecule has 0 aliphatic carbocycles. The van der Waals surface area contributed by atoms with Crippen molar-refractivity contribution >= 4 is 56.9 Å². The van der Waals surface area contributed by atoms with Gasteiger partial charge in [-0.3, -0.25) is 9.05 Å². The maximum Gasteiger partial charge on any atom is 0.562 e. The van der Waals surface area contributed by atoms with Crippen LogP contribution < -0.4 is 30.3 Å². The topological polar surface area (TPSA) is 95.8 Å². The summed E-state index contributed by atoms with van der Waals surface area (Å²) in [5, 5.41) is 2.31. The number of hydrogen-bond acceptors (Lipinski definition) is 6. The summed E-state index contributed by atoms with van der Waals surface area (Å²) in [5.74, 6) is 0.630. The smallest absolute Gasteiger partial charge is 0.399 e. The van der Waals surface area contributed by atoms with Gasteiger partial charge in [0, 0.05) is 0 Å². The van der Waals surface area contributed by atoms with E-state index in [0.29, 0.717) is 11.5 Å². The maximum atomic E-state index is 16.3. The van der Waals surface area contributed by atoms with Crippen LogP contribution in [0.15, 0.2) is 227 Å². The largest absolute Gasteiger partial charge is 0.562 e. The van der Waals surface area contributed by atoms with E-state index in [1.807, 2.05) is 194 Å². The third-order valence-electron chi connectivity index (χ3n) is 9.64. The van der Waals surface area contributed by atoms with Gasteiger partial charge in [-0.2, -0.15) is 9.03 Å². The van der Waals surface area contributed by atoms with Crippen molar-refractivity contribution in [1.82, 2.24) is 0 Å². The van der Waals surface area contributed by atoms with Crippen LogP contribution in [0.2, 0.25) is 0 Å². The summed E-state index contributed by atoms with van der Waals surface area (Å²) in [6.07, 6.45) is 4.16. The molecule has 7 aromatic rings. The molecule has 0 saturated heterocycles. The SMILES string of the molecule is CCOP(=O)(N=P(c1ccccc1)(c1ccccc1)C(/C=C/c1ccccc1)P(=NP(=O)(Oc1ccccc1)Oc1ccccc1)(c1ccccc1)c1ccccc1)OCC. The molecule has 0 N–H and O–H groups in total. The predicted octanol–water partition coefficient (Wildman–Crippen LogP) is 13.2. The Kier molecular flexibility index (Phi) is 14.7. The number of rotatable bonds is 18. The number of para-hydroxylation sites is 2. The second kappa shape index (κ2) is 20.5. The first-order valence-electron chi connectivity index (χ1n) is 20.0. The summed E-state index contributed by atoms with van der Waals surface area (Å²) < 4.78 is 68.2. The molecule has 310 valence electrons. The van der Waals surface area contributed by atoms with Crippen molar-refractivity contribution in [3.8, 4) is 11.5 Å². The van der Waals surface area contributed by atoms with Crippen molar-refractivity contribution in [1.29, 1.82) is 0 Å². The first kappa shape index (κ1) is 43.8. The lowest BCUT2D eigenvalue weighted by molar-refractivity contribution is 0.221. The molecule has 0 amide bonds. The van der Waals surface area contributed by atoms with E-state index in [1.165, 1.54) is 0 Å². The van der Waals surface area contributed by atoms with E-state index in [9.17, 15) is 0 Å². The van der Waals surface area contributed by atoms with Gasteiger partial charge in [-0.25, -0.2) is 9.13 Å². The minimum Gasteiger partial charge on any atom is -0.399 e. The van der Waals surface area contributed by atoms with Crippen LogP contribution in [0, 0.1) is 0 Å². The van der Waals surface area contributed by atoms with Gasteiger partial charge in [0.2, 0.25) is 0 Å². The average molecular weight is 885 g/mol. The number of benzene rings is 7. The first-order valence-corrected chi connectivity index (χ1v) is 26.6. The fraction of sp³-hybridized carbons (Fsp3) is 0.102. The molecule has 12 heteroatoms. The molecule has 0 saturated carbocycles. The molecule has 0 aliphatic heterocycles. The van der Waals surface area contributed by atoms with E-state index in [0.717, 1.165) is 26.8 Å². The lowest BCUT2D eigenvalue weighted by Gasteiger charge is -2.42. The normalized spacial score (nSPS) is 12.7. The summed E-state index contributed by atoms with van der Waals surface area (Å²) in [7, 11) is -16.1. The molecule has 8 nitrogen and oxygen atoms in total. The first-order chi connectivity index (χ1) is 29.8. The van der Waals surface area contributed by atoms with Crippen LogP contribution in [-0.2, 0) is 18.2 Å². The highest BCUT2D eigenvalue weighted by Crippen LogP contribution is 2.76. The predicted molar refractivity (Wildman–Crippen MR) is 255 cm³/mol. The second-order valence-corrected chi connectivity index (χ2v) is 24.2. The van der Waals surface area contributed by atoms with Gasteiger partial charge in [0.25, 0.3) is 0 Å². The van der Waals surface area contributed by atoms with Crippen LogP contribution in [0.5, 0.6) is 11.5 Å². The van der Waals surface area contributed by atoms with Crippen molar-refractivity contribution < 1.29 is 27.2 Å². The number of allylic oxidation sites excluding steroid dienone is 1. The molecule has 0 radical (unpaired) electrons. The summed E-state index contributed by atoms with van der Waals surface area (Å²) >= 11 is 0. The second-order valence-electron chi connectivity index (χ2n) is 13.7. The van der Waals surface area contributed by atoms with Gasteiger partial charge < -0.3 is 9.05 Å². The van der Waals surface area contributed by atoms with Crippen molar-refractivity contribution in [2.24, 2.45) is 9.03 Å². The zero-order chi connectivity index (χ0) is 42.4. The highest BCUT2D eigenvalue weighted by molar-refractivity contribution is 7.99. The average Bonchev–Trinajstić information content (AvgIpc) is 3.30. The van der Waals surface area contributed by atoms with Crippen molar-refractivity contribution in [3.63, 3.8) is 0 Å². The molecule has 1 unspecified atom stereocenters. The Morgan fingerprint density at radius 2 is 0.721 bits per heavy atom. The standard InChI is InChI=1S/C49H48N2O6P4/c1-3-54-60(52,55-4-2)50-58(45-32-18-8-19-33-45,46-34-20-9-21-35-46)49(41-40-42-26-12-5-13-27-42)59(47-36-22-10-23-37-47,48-38-24-11-25-39-48)51-61(53,56-43-28-14-6-15-29-43)57-44-30-16-7-17-31-44/h5-41,49H,3-4H2,1-2H3/b41-40+. The molecule has 0 spiro atoms. The Morgan fingerprint density at radius 1 is 0.426 bits per heavy atom. The van der Waals surface area contributed by atoms with Crippen molar-refractivity contribution in [3.05, 3.63) is 224 Å². The molecule has 0 bridgehead atoms. The van der Waals surface area contributed by atoms with Gasteiger partial charge in [0.1, 0.15) is 11.5 Å². The molecule has 0 fully saturated rings. The summed E-state index contributed by atoms with van der Waals surface area (Å²) in [6, 6.07) is 67.4. The van der Waals surface area contributed by atoms with E-state index in [4.69, 9.17) is 27.1 Å². The summed E-state index contributed by atoms with van der Waals surface area (Å²) in [4.78, 5) is 0. The van der Waals surface area contributed by atoms with E-state index in [-0.39, 0.29) is 13.2 Å². The molecule has 7 aromatic carbocycles. The molecule has 1 atom stereocenters. The van der Waals surface area contributed by atoms with Crippen molar-refractivity contribution in [2.45, 2.75) is 19.2 Å². The summed E-state index contributed by atoms with van der Waals surface area (Å²) in [5.41, 5.74) is 0.910. The fourth-order valence-corrected chi connectivity index (χ4v) is 24.0. The Bertz CT molecular complexity index is 2550. The van der Waals surface area contributed by atoms with Crippen molar-refractivity contribution in [2.75, 3.05) is 13.2 Å². The molecular weight excluding hydrogens is 836 g/mol. The zero-order valence-electron chi connectivity index (χ0n) is 34.0. The molecule has 0 heterocycles. The number of nitrogens with zero attached hydrogens (tertiary/aromatic N) is 2. The zero-order valence-corrected chi connectivity index (χ0v) is 37.6. The van der Waals surface area contributed by atoms with E-state index < -0.39 is 35.0 Å². The highest BCUT2D eigenvalue weighted by atomic mass is 31.3. The lowest BCUT2D eigenvalue weighted by atomic mass is 10.2. The molecular formula is C49H48N2O6P4. The van der Waals surface area contributed by atoms with Crippen LogP contribution in [0.3, 0.4) is 0 Å². The quantitative estimate of drug-likeness (QED) is 0.0797. The van der Waals surface area contributed by atoms with Crippen LogP contribution in [0.1, 0.15) is 19.4 Å². The molecule has 7 rings (SSSR count). The molecule has 0 aliphatic rings. The Balaban J connectivity index is 1.76. The van der Waals surface area contributed by atoms with Gasteiger partial charge in [0.05, 0.1) is 32.7 Å². The van der Waals surface area contributed by atoms with Crippen LogP contribution in [0.4, 0.5) is 0 Å². The highest BCUT2D eigenvalue weighted by Gasteiger charge is 2.49. The number of hydrogen-bond donors (Lipinski definition) is 0. The maximum absolute atomic E-state index is 16.3. The third kappa shape index (κ3) is 10.3. The third-order valence-corrected chi connectivity index (χ3v) is 23.9. The van der Waals surface area contributed by atoms with Crippen LogP contribution >= 0.6 is 29.6 Å². The van der Waals surface area contributed by atoms with Gasteiger partial charge in [-0.05, 0) is 64.9 Å². The Morgan fingerprint density at radius 3 is 1.05 bits per heavy atom. The lowest BCUT2D eigenvalue weighted by Crippen LogP contribution is -2.32. The minimum absolute atomic E-state index is 0.0853. The molecule has 0 aromatic heterocycles. The van der Waals surface area contributed by atoms with Gasteiger partial charge >= 0.3 is 15.5 Å². The van der Waals surface area contributed by atoms with E-state index in [2.05, 4.69) is 6.08 Å². The summed E-state index contributed by atoms with van der Waals surface area (Å²) in [6.45, 7) is 3.72. The van der Waals surface area contributed by atoms with E-state index >= 15 is 9.13 Å². The minimum atomic E-state index is -4.61. The van der Waals surface area contributed by atoms with Crippen LogP contribution in [-0.4, -0.2) is 18.6 Å². The van der Waals surface area contributed by atoms with Crippen LogP contribution in [0.25, 0.3) is 6.08 Å². The van der Waals surface area contributed by atoms with E-state index in [1.54, 1.807) is 38.1 Å². The Labute approximate surface area is 359 Å². The fourth-order valence-electron chi connectivity index (χ4n) is 7.14. The van der Waals surface area contributed by atoms with Gasteiger partial charge in [-0.1, -0.05) is 200 Å². The monoisotopic (exact) mass is 884 g/mol.